The fourth-order valence-electron chi connectivity index (χ4n) is 3.07. The van der Waals surface area contributed by atoms with Gasteiger partial charge in [-0.2, -0.15) is 0 Å². The third kappa shape index (κ3) is 9.76. The molecule has 2 aromatic carbocycles. The van der Waals surface area contributed by atoms with Crippen molar-refractivity contribution < 1.29 is 9.53 Å². The minimum atomic E-state index is 0.295. The van der Waals surface area contributed by atoms with Crippen molar-refractivity contribution in [3.63, 3.8) is 0 Å². The van der Waals surface area contributed by atoms with Crippen LogP contribution in [-0.2, 0) is 11.2 Å². The van der Waals surface area contributed by atoms with Crippen LogP contribution in [0.2, 0.25) is 0 Å². The summed E-state index contributed by atoms with van der Waals surface area (Å²) in [6, 6.07) is 17.0. The zero-order valence-electron chi connectivity index (χ0n) is 19.8. The van der Waals surface area contributed by atoms with E-state index in [0.29, 0.717) is 24.8 Å². The topological polar surface area (TPSA) is 29.5 Å². The first kappa shape index (κ1) is 26.9. The molecule has 3 heteroatoms. The Labute approximate surface area is 179 Å². The number of ketones is 1. The summed E-state index contributed by atoms with van der Waals surface area (Å²) >= 11 is 0. The van der Waals surface area contributed by atoms with Gasteiger partial charge in [0.15, 0.2) is 0 Å². The molecule has 1 unspecified atom stereocenters. The summed E-state index contributed by atoms with van der Waals surface area (Å²) in [4.78, 5) is 13.4. The number of methoxy groups -OCH3 is 1. The van der Waals surface area contributed by atoms with Gasteiger partial charge in [0.25, 0.3) is 0 Å². The predicted octanol–water partition coefficient (Wildman–Crippen LogP) is 6.64. The fourth-order valence-corrected chi connectivity index (χ4v) is 3.07. The summed E-state index contributed by atoms with van der Waals surface area (Å²) in [6.07, 6.45) is 3.02. The molecule has 3 nitrogen and oxygen atoms in total. The molecule has 1 fully saturated rings. The number of hydrogen-bond donors (Lipinski definition) is 0. The number of aryl methyl sites for hydroxylation is 2. The number of nitrogens with zero attached hydrogens (tertiary/aromatic N) is 1. The Kier molecular flexibility index (Phi) is 14.6. The quantitative estimate of drug-likeness (QED) is 0.577. The largest absolute Gasteiger partial charge is 0.497 e. The summed E-state index contributed by atoms with van der Waals surface area (Å²) in [7, 11) is 3.70. The van der Waals surface area contributed by atoms with Crippen LogP contribution < -0.4 is 4.74 Å². The van der Waals surface area contributed by atoms with Crippen LogP contribution in [0.15, 0.2) is 48.5 Å². The van der Waals surface area contributed by atoms with Gasteiger partial charge in [0.1, 0.15) is 11.5 Å². The minimum Gasteiger partial charge on any atom is -0.497 e. The second-order valence-corrected chi connectivity index (χ2v) is 6.68. The van der Waals surface area contributed by atoms with Crippen molar-refractivity contribution in [2.24, 2.45) is 0 Å². The highest BCUT2D eigenvalue weighted by Gasteiger charge is 2.28. The van der Waals surface area contributed by atoms with Crippen LogP contribution in [0.25, 0.3) is 0 Å². The lowest BCUT2D eigenvalue weighted by Crippen LogP contribution is -2.18. The van der Waals surface area contributed by atoms with Gasteiger partial charge in [-0.1, -0.05) is 83.0 Å². The third-order valence-electron chi connectivity index (χ3n) is 4.54. The van der Waals surface area contributed by atoms with Crippen LogP contribution >= 0.6 is 0 Å². The summed E-state index contributed by atoms with van der Waals surface area (Å²) in [5.74, 6) is 1.28. The lowest BCUT2D eigenvalue weighted by Gasteiger charge is -2.18. The van der Waals surface area contributed by atoms with Crippen LogP contribution in [0.1, 0.15) is 70.2 Å². The summed E-state index contributed by atoms with van der Waals surface area (Å²) in [5.41, 5.74) is 3.90. The Morgan fingerprint density at radius 1 is 0.966 bits per heavy atom. The highest BCUT2D eigenvalue weighted by molar-refractivity contribution is 5.83. The lowest BCUT2D eigenvalue weighted by atomic mass is 10.0. The van der Waals surface area contributed by atoms with Gasteiger partial charge in [0.05, 0.1) is 13.7 Å². The third-order valence-corrected chi connectivity index (χ3v) is 4.54. The predicted molar refractivity (Wildman–Crippen MR) is 126 cm³/mol. The fraction of sp³-hybridized carbons (Fsp3) is 0.500. The minimum absolute atomic E-state index is 0.295. The number of carbonyl (C=O) groups is 1. The first-order valence-corrected chi connectivity index (χ1v) is 10.9. The average Bonchev–Trinajstić information content (AvgIpc) is 3.11. The van der Waals surface area contributed by atoms with E-state index in [1.807, 2.05) is 46.9 Å². The van der Waals surface area contributed by atoms with E-state index in [0.717, 1.165) is 12.2 Å². The Bertz CT molecular complexity index is 662. The molecule has 1 saturated heterocycles. The molecule has 0 bridgehead atoms. The number of hydrogen-bond acceptors (Lipinski definition) is 3. The second kappa shape index (κ2) is 15.8. The second-order valence-electron chi connectivity index (χ2n) is 6.68. The van der Waals surface area contributed by atoms with Gasteiger partial charge in [-0.05, 0) is 43.7 Å². The zero-order valence-corrected chi connectivity index (χ0v) is 19.8. The normalized spacial score (nSPS) is 15.2. The van der Waals surface area contributed by atoms with Gasteiger partial charge in [-0.15, -0.1) is 0 Å². The van der Waals surface area contributed by atoms with Crippen molar-refractivity contribution in [1.82, 2.24) is 4.90 Å². The van der Waals surface area contributed by atoms with E-state index < -0.39 is 0 Å². The van der Waals surface area contributed by atoms with Crippen LogP contribution in [0, 0.1) is 6.92 Å². The van der Waals surface area contributed by atoms with Crippen molar-refractivity contribution in [2.45, 2.75) is 66.8 Å². The van der Waals surface area contributed by atoms with E-state index in [9.17, 15) is 4.79 Å². The number of rotatable bonds is 4. The number of ether oxygens (including phenoxy) is 1. The van der Waals surface area contributed by atoms with Crippen LogP contribution in [0.5, 0.6) is 5.75 Å². The molecule has 1 aliphatic rings. The molecular weight excluding hydrogens is 358 g/mol. The molecule has 0 radical (unpaired) electrons. The highest BCUT2D eigenvalue weighted by Crippen LogP contribution is 2.28. The van der Waals surface area contributed by atoms with Crippen molar-refractivity contribution >= 4 is 5.78 Å². The van der Waals surface area contributed by atoms with Gasteiger partial charge >= 0.3 is 0 Å². The van der Waals surface area contributed by atoms with Gasteiger partial charge < -0.3 is 4.74 Å². The lowest BCUT2D eigenvalue weighted by molar-refractivity contribution is -0.116. The van der Waals surface area contributed by atoms with Crippen molar-refractivity contribution in [1.29, 1.82) is 0 Å². The van der Waals surface area contributed by atoms with E-state index in [2.05, 4.69) is 55.1 Å². The molecule has 1 heterocycles. The van der Waals surface area contributed by atoms with Crippen molar-refractivity contribution in [3.8, 4) is 5.75 Å². The van der Waals surface area contributed by atoms with Crippen LogP contribution in [0.4, 0.5) is 0 Å². The van der Waals surface area contributed by atoms with Gasteiger partial charge in [0, 0.05) is 12.5 Å². The maximum absolute atomic E-state index is 11.3. The first-order chi connectivity index (χ1) is 14.0. The van der Waals surface area contributed by atoms with E-state index in [1.54, 1.807) is 7.11 Å². The van der Waals surface area contributed by atoms with Gasteiger partial charge in [-0.3, -0.25) is 9.69 Å². The molecule has 0 amide bonds. The van der Waals surface area contributed by atoms with Crippen LogP contribution in [-0.4, -0.2) is 31.4 Å². The Balaban J connectivity index is 0.000000472. The van der Waals surface area contributed by atoms with Gasteiger partial charge in [-0.25, -0.2) is 0 Å². The maximum Gasteiger partial charge on any atom is 0.148 e. The van der Waals surface area contributed by atoms with Gasteiger partial charge in [0.2, 0.25) is 0 Å². The molecule has 162 valence electrons. The highest BCUT2D eigenvalue weighted by atomic mass is 16.5. The molecule has 1 aliphatic heterocycles. The number of carbonyl (C=O) groups excluding carboxylic acids is 1. The standard InChI is InChI=1S/C12H15NO.C10H14O.2C2H6/c1-9-3-5-10(6-4-9)12-7-11(14)8-13(12)2;1-3-4-9-5-7-10(11-2)8-6-9;2*1-2/h3-6,12H,7-8H2,1-2H3;5-8H,3-4H2,1-2H3;2*1-2H3. The Hall–Kier alpha value is -2.13. The smallest absolute Gasteiger partial charge is 0.148 e. The monoisotopic (exact) mass is 399 g/mol. The molecule has 0 aromatic heterocycles. The molecule has 0 saturated carbocycles. The Morgan fingerprint density at radius 3 is 1.93 bits per heavy atom. The zero-order chi connectivity index (χ0) is 22.2. The summed E-state index contributed by atoms with van der Waals surface area (Å²) < 4.78 is 5.05. The van der Waals surface area contributed by atoms with E-state index >= 15 is 0 Å². The number of Topliss-reactive ketones (excluding diaryl/α,β-unsaturated/α-hetero) is 1. The molecule has 3 rings (SSSR count). The first-order valence-electron chi connectivity index (χ1n) is 10.9. The van der Waals surface area contributed by atoms with Crippen LogP contribution in [0.3, 0.4) is 0 Å². The van der Waals surface area contributed by atoms with E-state index in [4.69, 9.17) is 4.74 Å². The molecule has 0 spiro atoms. The molecular formula is C26H41NO2. The van der Waals surface area contributed by atoms with E-state index in [1.165, 1.54) is 23.1 Å². The SMILES string of the molecule is CC.CC.CCCc1ccc(OC)cc1.Cc1ccc(C2CC(=O)CN2C)cc1. The number of likely N-dealkylation sites (N-methyl/N-ethyl adjacent to an activating group) is 1. The summed E-state index contributed by atoms with van der Waals surface area (Å²) in [5, 5.41) is 0. The molecule has 0 aliphatic carbocycles. The Morgan fingerprint density at radius 2 is 1.52 bits per heavy atom. The number of likely N-dealkylation sites (tertiary alicyclic amines) is 1. The van der Waals surface area contributed by atoms with E-state index in [-0.39, 0.29) is 0 Å². The summed E-state index contributed by atoms with van der Waals surface area (Å²) in [6.45, 7) is 12.9. The van der Waals surface area contributed by atoms with Crippen molar-refractivity contribution in [3.05, 3.63) is 65.2 Å². The van der Waals surface area contributed by atoms with Crippen molar-refractivity contribution in [2.75, 3.05) is 20.7 Å². The molecule has 29 heavy (non-hydrogen) atoms. The molecule has 1 atom stereocenters. The number of benzene rings is 2. The molecule has 0 N–H and O–H groups in total. The maximum atomic E-state index is 11.3. The average molecular weight is 400 g/mol. The molecule has 2 aromatic rings.